The van der Waals surface area contributed by atoms with Gasteiger partial charge in [0.1, 0.15) is 5.82 Å². The molecule has 1 amide bonds. The average Bonchev–Trinajstić information content (AvgIpc) is 2.68. The van der Waals surface area contributed by atoms with E-state index in [1.165, 1.54) is 45.8 Å². The molecule has 142 valence electrons. The van der Waals surface area contributed by atoms with E-state index in [1.54, 1.807) is 24.3 Å². The number of amides is 1. The van der Waals surface area contributed by atoms with Crippen molar-refractivity contribution in [3.63, 3.8) is 0 Å². The summed E-state index contributed by atoms with van der Waals surface area (Å²) in [7, 11) is 4.52. The van der Waals surface area contributed by atoms with Gasteiger partial charge in [0.15, 0.2) is 11.5 Å². The van der Waals surface area contributed by atoms with Gasteiger partial charge >= 0.3 is 0 Å². The average molecular weight is 437 g/mol. The predicted octanol–water partition coefficient (Wildman–Crippen LogP) is 3.78. The number of halogens is 2. The van der Waals surface area contributed by atoms with Crippen LogP contribution in [0.25, 0.3) is 6.08 Å². The maximum atomic E-state index is 12.8. The zero-order chi connectivity index (χ0) is 19.8. The van der Waals surface area contributed by atoms with Crippen LogP contribution in [0.15, 0.2) is 46.0 Å². The molecule has 0 heterocycles. The molecule has 6 nitrogen and oxygen atoms in total. The molecule has 0 bridgehead atoms. The van der Waals surface area contributed by atoms with Gasteiger partial charge in [0.05, 0.1) is 32.0 Å². The molecule has 0 radical (unpaired) electrons. The lowest BCUT2D eigenvalue weighted by molar-refractivity contribution is -0.116. The highest BCUT2D eigenvalue weighted by atomic mass is 79.9. The molecule has 0 saturated carbocycles. The van der Waals surface area contributed by atoms with Crippen LogP contribution in [0, 0.1) is 5.82 Å². The lowest BCUT2D eigenvalue weighted by atomic mass is 10.1. The number of nitrogens with zero attached hydrogens (tertiary/aromatic N) is 1. The van der Waals surface area contributed by atoms with Crippen LogP contribution in [0.2, 0.25) is 0 Å². The minimum Gasteiger partial charge on any atom is -0.493 e. The van der Waals surface area contributed by atoms with Gasteiger partial charge < -0.3 is 14.2 Å². The van der Waals surface area contributed by atoms with Crippen LogP contribution in [-0.4, -0.2) is 33.5 Å². The van der Waals surface area contributed by atoms with Crippen LogP contribution >= 0.6 is 15.9 Å². The van der Waals surface area contributed by atoms with Crippen molar-refractivity contribution in [2.45, 2.75) is 0 Å². The van der Waals surface area contributed by atoms with E-state index in [0.29, 0.717) is 32.8 Å². The molecule has 0 fully saturated rings. The third kappa shape index (κ3) is 5.30. The Morgan fingerprint density at radius 1 is 1.11 bits per heavy atom. The minimum atomic E-state index is -0.436. The second-order valence-electron chi connectivity index (χ2n) is 5.17. The van der Waals surface area contributed by atoms with Crippen LogP contribution in [0.1, 0.15) is 11.1 Å². The predicted molar refractivity (Wildman–Crippen MR) is 105 cm³/mol. The van der Waals surface area contributed by atoms with E-state index in [9.17, 15) is 9.18 Å². The van der Waals surface area contributed by atoms with Gasteiger partial charge in [-0.25, -0.2) is 9.82 Å². The van der Waals surface area contributed by atoms with Crippen LogP contribution < -0.4 is 19.6 Å². The van der Waals surface area contributed by atoms with Gasteiger partial charge in [-0.2, -0.15) is 5.10 Å². The van der Waals surface area contributed by atoms with Crippen molar-refractivity contribution in [2.24, 2.45) is 5.10 Å². The summed E-state index contributed by atoms with van der Waals surface area (Å²) in [5.41, 5.74) is 3.68. The third-order valence-corrected chi connectivity index (χ3v) is 4.29. The molecule has 2 rings (SSSR count). The molecule has 2 aromatic rings. The topological polar surface area (TPSA) is 69.2 Å². The summed E-state index contributed by atoms with van der Waals surface area (Å²) in [5, 5.41) is 3.82. The fourth-order valence-corrected chi connectivity index (χ4v) is 2.77. The van der Waals surface area contributed by atoms with Gasteiger partial charge in [0.2, 0.25) is 5.75 Å². The Morgan fingerprint density at radius 3 is 2.37 bits per heavy atom. The van der Waals surface area contributed by atoms with Crippen molar-refractivity contribution >= 4 is 34.1 Å². The SMILES string of the molecule is COc1cc(/C=C/C(=O)N/N=C/c2ccc(F)cc2)c(Br)c(OC)c1OC. The second kappa shape index (κ2) is 9.72. The molecule has 0 aliphatic rings. The molecule has 0 aliphatic heterocycles. The van der Waals surface area contributed by atoms with E-state index in [1.807, 2.05) is 0 Å². The zero-order valence-corrected chi connectivity index (χ0v) is 16.5. The molecule has 0 aliphatic carbocycles. The molecule has 1 N–H and O–H groups in total. The monoisotopic (exact) mass is 436 g/mol. The van der Waals surface area contributed by atoms with E-state index in [4.69, 9.17) is 14.2 Å². The van der Waals surface area contributed by atoms with Crippen LogP contribution in [0.3, 0.4) is 0 Å². The Kier molecular flexibility index (Phi) is 7.36. The first-order valence-electron chi connectivity index (χ1n) is 7.75. The molecule has 2 aromatic carbocycles. The van der Waals surface area contributed by atoms with Gasteiger partial charge in [0, 0.05) is 6.08 Å². The van der Waals surface area contributed by atoms with Crippen molar-refractivity contribution in [3.8, 4) is 17.2 Å². The lowest BCUT2D eigenvalue weighted by Crippen LogP contribution is -2.14. The molecule has 27 heavy (non-hydrogen) atoms. The van der Waals surface area contributed by atoms with Gasteiger partial charge in [0.25, 0.3) is 5.91 Å². The van der Waals surface area contributed by atoms with Crippen molar-refractivity contribution in [1.29, 1.82) is 0 Å². The molecule has 0 unspecified atom stereocenters. The minimum absolute atomic E-state index is 0.338. The Bertz CT molecular complexity index is 867. The number of rotatable bonds is 7. The summed E-state index contributed by atoms with van der Waals surface area (Å²) in [6, 6.07) is 7.43. The number of carbonyl (C=O) groups excluding carboxylic acids is 1. The van der Waals surface area contributed by atoms with E-state index in [0.717, 1.165) is 0 Å². The summed E-state index contributed by atoms with van der Waals surface area (Å²) in [5.74, 6) is 0.583. The Morgan fingerprint density at radius 2 is 1.78 bits per heavy atom. The van der Waals surface area contributed by atoms with Crippen molar-refractivity contribution < 1.29 is 23.4 Å². The molecule has 0 saturated heterocycles. The number of hydrogen-bond acceptors (Lipinski definition) is 5. The number of benzene rings is 2. The fraction of sp³-hybridized carbons (Fsp3) is 0.158. The molecule has 8 heteroatoms. The number of hydrazone groups is 1. The summed E-state index contributed by atoms with van der Waals surface area (Å²) in [4.78, 5) is 11.9. The van der Waals surface area contributed by atoms with E-state index in [-0.39, 0.29) is 5.82 Å². The number of hydrogen-bond donors (Lipinski definition) is 1. The molecular formula is C19H18BrFN2O4. The maximum absolute atomic E-state index is 12.8. The lowest BCUT2D eigenvalue weighted by Gasteiger charge is -2.15. The highest BCUT2D eigenvalue weighted by Crippen LogP contribution is 2.45. The first kappa shape index (κ1) is 20.4. The number of nitrogens with one attached hydrogen (secondary N) is 1. The quantitative estimate of drug-likeness (QED) is 0.407. The fourth-order valence-electron chi connectivity index (χ4n) is 2.18. The summed E-state index contributed by atoms with van der Waals surface area (Å²) in [6.07, 6.45) is 4.31. The number of ether oxygens (including phenoxy) is 3. The Labute approximate surface area is 164 Å². The number of methoxy groups -OCH3 is 3. The van der Waals surface area contributed by atoms with Gasteiger partial charge in [-0.05, 0) is 51.3 Å². The highest BCUT2D eigenvalue weighted by molar-refractivity contribution is 9.10. The molecule has 0 aromatic heterocycles. The second-order valence-corrected chi connectivity index (χ2v) is 5.96. The third-order valence-electron chi connectivity index (χ3n) is 3.47. The van der Waals surface area contributed by atoms with Crippen molar-refractivity contribution in [1.82, 2.24) is 5.43 Å². The highest BCUT2D eigenvalue weighted by Gasteiger charge is 2.17. The smallest absolute Gasteiger partial charge is 0.264 e. The van der Waals surface area contributed by atoms with Crippen molar-refractivity contribution in [2.75, 3.05) is 21.3 Å². The number of carbonyl (C=O) groups is 1. The van der Waals surface area contributed by atoms with Crippen LogP contribution in [0.4, 0.5) is 4.39 Å². The molecular weight excluding hydrogens is 419 g/mol. The molecule has 0 atom stereocenters. The van der Waals surface area contributed by atoms with Gasteiger partial charge in [-0.3, -0.25) is 4.79 Å². The Balaban J connectivity index is 2.12. The standard InChI is InChI=1S/C19H18BrFN2O4/c1-25-15-10-13(17(20)19(27-3)18(15)26-2)6-9-16(24)23-22-11-12-4-7-14(21)8-5-12/h4-11H,1-3H3,(H,23,24)/b9-6+,22-11+. The largest absolute Gasteiger partial charge is 0.493 e. The summed E-state index contributed by atoms with van der Waals surface area (Å²) >= 11 is 3.43. The van der Waals surface area contributed by atoms with E-state index < -0.39 is 5.91 Å². The van der Waals surface area contributed by atoms with Crippen molar-refractivity contribution in [3.05, 3.63) is 57.8 Å². The van der Waals surface area contributed by atoms with Gasteiger partial charge in [-0.15, -0.1) is 0 Å². The Hall–Kier alpha value is -2.87. The first-order chi connectivity index (χ1) is 13.0. The van der Waals surface area contributed by atoms with Gasteiger partial charge in [-0.1, -0.05) is 12.1 Å². The van der Waals surface area contributed by atoms with Crippen LogP contribution in [0.5, 0.6) is 17.2 Å². The molecule has 0 spiro atoms. The first-order valence-corrected chi connectivity index (χ1v) is 8.54. The van der Waals surface area contributed by atoms with Crippen LogP contribution in [-0.2, 0) is 4.79 Å². The van der Waals surface area contributed by atoms with E-state index >= 15 is 0 Å². The summed E-state index contributed by atoms with van der Waals surface area (Å²) in [6.45, 7) is 0. The maximum Gasteiger partial charge on any atom is 0.264 e. The zero-order valence-electron chi connectivity index (χ0n) is 15.0. The van der Waals surface area contributed by atoms with E-state index in [2.05, 4.69) is 26.5 Å². The summed E-state index contributed by atoms with van der Waals surface area (Å²) < 4.78 is 29.4. The normalized spacial score (nSPS) is 11.0.